The predicted molar refractivity (Wildman–Crippen MR) is 80.0 cm³/mol. The molecule has 0 rings (SSSR count). The molecule has 0 aliphatic rings. The summed E-state index contributed by atoms with van der Waals surface area (Å²) in [5.41, 5.74) is 0. The summed E-state index contributed by atoms with van der Waals surface area (Å²) >= 11 is 12.8. The molecule has 0 aliphatic heterocycles. The first-order valence-corrected chi connectivity index (χ1v) is 11.4. The smallest absolute Gasteiger partial charge is 0.146 e. The molecule has 0 radical (unpaired) electrons. The Bertz CT molecular complexity index is 149. The minimum Gasteiger partial charge on any atom is -0.146 e. The second-order valence-corrected chi connectivity index (χ2v) is 12.5. The first kappa shape index (κ1) is 16.8. The zero-order valence-electron chi connectivity index (χ0n) is 11.0. The molecule has 0 spiro atoms. The zero-order valence-corrected chi connectivity index (χ0v) is 13.5. The van der Waals surface area contributed by atoms with Gasteiger partial charge in [-0.3, -0.25) is 0 Å². The molecule has 0 N–H and O–H groups in total. The lowest BCUT2D eigenvalue weighted by atomic mass is 10.1. The average molecular weight is 283 g/mol. The summed E-state index contributed by atoms with van der Waals surface area (Å²) in [5.74, 6) is 0. The van der Waals surface area contributed by atoms with E-state index in [2.05, 4.69) is 13.8 Å². The Kier molecular flexibility index (Phi) is 11.5. The van der Waals surface area contributed by atoms with Gasteiger partial charge in [0.15, 0.2) is 0 Å². The number of hydrogen-bond donors (Lipinski definition) is 0. The second kappa shape index (κ2) is 10.9. The SMILES string of the molecule is CCCCCCCC[Si](Cl)(Cl)CCCCC. The second-order valence-electron chi connectivity index (χ2n) is 4.83. The minimum atomic E-state index is -1.86. The number of unbranched alkanes of at least 4 members (excludes halogenated alkanes) is 7. The molecule has 98 valence electrons. The third kappa shape index (κ3) is 11.3. The van der Waals surface area contributed by atoms with Crippen LogP contribution < -0.4 is 0 Å². The first-order chi connectivity index (χ1) is 7.62. The van der Waals surface area contributed by atoms with Crippen LogP contribution in [-0.4, -0.2) is 6.69 Å². The van der Waals surface area contributed by atoms with Crippen molar-refractivity contribution in [2.45, 2.75) is 83.7 Å². The van der Waals surface area contributed by atoms with Gasteiger partial charge >= 0.3 is 0 Å². The van der Waals surface area contributed by atoms with E-state index in [0.29, 0.717) is 0 Å². The highest BCUT2D eigenvalue weighted by Crippen LogP contribution is 2.30. The summed E-state index contributed by atoms with van der Waals surface area (Å²) < 4.78 is 0. The zero-order chi connectivity index (χ0) is 12.3. The summed E-state index contributed by atoms with van der Waals surface area (Å²) in [6.07, 6.45) is 11.8. The maximum atomic E-state index is 6.42. The van der Waals surface area contributed by atoms with Crippen LogP contribution in [0.4, 0.5) is 0 Å². The molecule has 16 heavy (non-hydrogen) atoms. The van der Waals surface area contributed by atoms with Crippen molar-refractivity contribution in [2.24, 2.45) is 0 Å². The van der Waals surface area contributed by atoms with Crippen LogP contribution in [-0.2, 0) is 0 Å². The van der Waals surface area contributed by atoms with Gasteiger partial charge < -0.3 is 0 Å². The van der Waals surface area contributed by atoms with E-state index in [1.807, 2.05) is 0 Å². The molecule has 0 atom stereocenters. The maximum Gasteiger partial charge on any atom is 0.251 e. The third-order valence-electron chi connectivity index (χ3n) is 3.04. The number of hydrogen-bond acceptors (Lipinski definition) is 0. The Hall–Kier alpha value is 0.797. The van der Waals surface area contributed by atoms with Crippen LogP contribution in [0.3, 0.4) is 0 Å². The third-order valence-corrected chi connectivity index (χ3v) is 7.48. The van der Waals surface area contributed by atoms with E-state index in [-0.39, 0.29) is 0 Å². The van der Waals surface area contributed by atoms with E-state index in [4.69, 9.17) is 22.2 Å². The van der Waals surface area contributed by atoms with Gasteiger partial charge in [0, 0.05) is 0 Å². The van der Waals surface area contributed by atoms with E-state index in [1.54, 1.807) is 0 Å². The lowest BCUT2D eigenvalue weighted by molar-refractivity contribution is 0.623. The van der Waals surface area contributed by atoms with Crippen LogP contribution in [0.1, 0.15) is 71.6 Å². The van der Waals surface area contributed by atoms with Crippen molar-refractivity contribution in [2.75, 3.05) is 0 Å². The maximum absolute atomic E-state index is 6.42. The van der Waals surface area contributed by atoms with Gasteiger partial charge in [-0.15, -0.1) is 22.2 Å². The Morgan fingerprint density at radius 3 is 1.56 bits per heavy atom. The molecule has 0 aromatic rings. The van der Waals surface area contributed by atoms with E-state index in [1.165, 1.54) is 57.8 Å². The van der Waals surface area contributed by atoms with Crippen molar-refractivity contribution >= 4 is 28.9 Å². The average Bonchev–Trinajstić information content (AvgIpc) is 2.23. The molecule has 0 bridgehead atoms. The Labute approximate surface area is 113 Å². The molecular formula is C13H28Cl2Si. The van der Waals surface area contributed by atoms with Crippen molar-refractivity contribution in [3.8, 4) is 0 Å². The molecule has 0 amide bonds. The van der Waals surface area contributed by atoms with E-state index in [0.717, 1.165) is 12.1 Å². The van der Waals surface area contributed by atoms with Crippen LogP contribution in [0.25, 0.3) is 0 Å². The molecular weight excluding hydrogens is 255 g/mol. The van der Waals surface area contributed by atoms with Crippen molar-refractivity contribution in [3.63, 3.8) is 0 Å². The van der Waals surface area contributed by atoms with Crippen molar-refractivity contribution in [3.05, 3.63) is 0 Å². The Morgan fingerprint density at radius 1 is 0.625 bits per heavy atom. The van der Waals surface area contributed by atoms with Crippen LogP contribution in [0, 0.1) is 0 Å². The van der Waals surface area contributed by atoms with Gasteiger partial charge in [0.25, 0.3) is 6.69 Å². The highest BCUT2D eigenvalue weighted by atomic mass is 35.7. The Morgan fingerprint density at radius 2 is 1.00 bits per heavy atom. The van der Waals surface area contributed by atoms with Crippen molar-refractivity contribution < 1.29 is 0 Å². The molecule has 0 saturated carbocycles. The minimum absolute atomic E-state index is 1.10. The highest BCUT2D eigenvalue weighted by Gasteiger charge is 2.26. The monoisotopic (exact) mass is 282 g/mol. The largest absolute Gasteiger partial charge is 0.251 e. The van der Waals surface area contributed by atoms with Crippen LogP contribution in [0.15, 0.2) is 0 Å². The van der Waals surface area contributed by atoms with Gasteiger partial charge in [-0.1, -0.05) is 71.6 Å². The fraction of sp³-hybridized carbons (Fsp3) is 1.00. The van der Waals surface area contributed by atoms with Gasteiger partial charge in [0.2, 0.25) is 0 Å². The van der Waals surface area contributed by atoms with Gasteiger partial charge in [-0.2, -0.15) is 0 Å². The van der Waals surface area contributed by atoms with Gasteiger partial charge in [0.05, 0.1) is 0 Å². The lowest BCUT2D eigenvalue weighted by Crippen LogP contribution is -2.18. The molecule has 0 aromatic heterocycles. The Balaban J connectivity index is 3.35. The fourth-order valence-electron chi connectivity index (χ4n) is 1.92. The summed E-state index contributed by atoms with van der Waals surface area (Å²) in [6, 6.07) is 2.20. The predicted octanol–water partition coefficient (Wildman–Crippen LogP) is 6.46. The molecule has 0 saturated heterocycles. The fourth-order valence-corrected chi connectivity index (χ4v) is 5.31. The lowest BCUT2D eigenvalue weighted by Gasteiger charge is -2.16. The molecule has 0 nitrogen and oxygen atoms in total. The van der Waals surface area contributed by atoms with Crippen LogP contribution in [0.2, 0.25) is 12.1 Å². The molecule has 0 aliphatic carbocycles. The van der Waals surface area contributed by atoms with Crippen LogP contribution in [0.5, 0.6) is 0 Å². The first-order valence-electron chi connectivity index (χ1n) is 7.00. The molecule has 0 heterocycles. The number of halogens is 2. The summed E-state index contributed by atoms with van der Waals surface area (Å²) in [6.45, 7) is 2.61. The standard InChI is InChI=1S/C13H28Cl2Si/c1-3-5-7-8-9-11-13-16(14,15)12-10-6-4-2/h3-13H2,1-2H3. The topological polar surface area (TPSA) is 0 Å². The number of rotatable bonds is 11. The van der Waals surface area contributed by atoms with Crippen molar-refractivity contribution in [1.29, 1.82) is 0 Å². The van der Waals surface area contributed by atoms with Gasteiger partial charge in [0.1, 0.15) is 0 Å². The van der Waals surface area contributed by atoms with E-state index >= 15 is 0 Å². The molecule has 0 aromatic carbocycles. The van der Waals surface area contributed by atoms with Gasteiger partial charge in [-0.25, -0.2) is 0 Å². The van der Waals surface area contributed by atoms with Gasteiger partial charge in [-0.05, 0) is 12.1 Å². The normalized spacial score (nSPS) is 12.0. The molecule has 3 heteroatoms. The van der Waals surface area contributed by atoms with Crippen molar-refractivity contribution in [1.82, 2.24) is 0 Å². The van der Waals surface area contributed by atoms with E-state index < -0.39 is 6.69 Å². The van der Waals surface area contributed by atoms with Crippen LogP contribution >= 0.6 is 22.2 Å². The molecule has 0 fully saturated rings. The molecule has 0 unspecified atom stereocenters. The highest BCUT2D eigenvalue weighted by molar-refractivity contribution is 7.45. The quantitative estimate of drug-likeness (QED) is 0.232. The van der Waals surface area contributed by atoms with E-state index in [9.17, 15) is 0 Å². The summed E-state index contributed by atoms with van der Waals surface area (Å²) in [7, 11) is 0. The summed E-state index contributed by atoms with van der Waals surface area (Å²) in [5, 5.41) is 0. The summed E-state index contributed by atoms with van der Waals surface area (Å²) in [4.78, 5) is 0.